The van der Waals surface area contributed by atoms with Crippen molar-refractivity contribution >= 4 is 43.4 Å². The van der Waals surface area contributed by atoms with Gasteiger partial charge in [-0.2, -0.15) is 0 Å². The predicted molar refractivity (Wildman–Crippen MR) is 209 cm³/mol. The number of rotatable bonds is 4. The Balaban J connectivity index is 0.000000324. The summed E-state index contributed by atoms with van der Waals surface area (Å²) in [5, 5.41) is 19.1. The molecule has 0 atom stereocenters. The molecule has 0 unspecified atom stereocenters. The molecule has 0 aliphatic heterocycles. The van der Waals surface area contributed by atoms with Crippen LogP contribution >= 0.6 is 31.9 Å². The van der Waals surface area contributed by atoms with Crippen LogP contribution in [0.2, 0.25) is 0 Å². The summed E-state index contributed by atoms with van der Waals surface area (Å²) in [5.74, 6) is -2.78. The second-order valence-electron chi connectivity index (χ2n) is 12.4. The van der Waals surface area contributed by atoms with Gasteiger partial charge < -0.3 is 21.7 Å². The minimum absolute atomic E-state index is 0.615. The molecular formula is C40H54Br2N2O4. The topological polar surface area (TPSA) is 127 Å². The minimum atomic E-state index is -0.753. The molecule has 4 rings (SSSR count). The molecular weight excluding hydrogens is 732 g/mol. The lowest BCUT2D eigenvalue weighted by molar-refractivity contribution is -0.118. The third-order valence-electron chi connectivity index (χ3n) is 9.70. The first-order valence-electron chi connectivity index (χ1n) is 15.9. The molecule has 0 amide bonds. The Labute approximate surface area is 305 Å². The van der Waals surface area contributed by atoms with Crippen molar-refractivity contribution in [3.8, 4) is 0 Å². The number of aliphatic hydroxyl groups is 2. The Hall–Kier alpha value is -3.04. The Bertz CT molecular complexity index is 1460. The molecule has 0 aromatic heterocycles. The molecule has 0 spiro atoms. The quantitative estimate of drug-likeness (QED) is 0.154. The standard InChI is InChI=1S/C12H16Br2.C12H20N2.C10H14.C6H4O4/c2*1-7-8(2)12(6-14)10(4)9(3)11(7)5-13;1-7-5-9(3)10(4)6-8(7)2;7-3-1-4(8)6(10)2-5(3)9/h5-6H2,1-4H3;5-6,13-14H2,1-4H3;5-6H,1-4H3;1-2,7,10H. The van der Waals surface area contributed by atoms with Crippen molar-refractivity contribution in [3.05, 3.63) is 125 Å². The van der Waals surface area contributed by atoms with Crippen molar-refractivity contribution in [1.82, 2.24) is 0 Å². The lowest BCUT2D eigenvalue weighted by atomic mass is 9.89. The number of allylic oxidation sites excluding steroid dienone is 2. The molecule has 3 aromatic carbocycles. The van der Waals surface area contributed by atoms with Crippen LogP contribution in [0.5, 0.6) is 0 Å². The number of hydrogen-bond acceptors (Lipinski definition) is 6. The third kappa shape index (κ3) is 10.5. The lowest BCUT2D eigenvalue weighted by Crippen LogP contribution is -2.12. The molecule has 0 saturated heterocycles. The molecule has 262 valence electrons. The van der Waals surface area contributed by atoms with Crippen molar-refractivity contribution in [2.45, 2.75) is 107 Å². The summed E-state index contributed by atoms with van der Waals surface area (Å²) >= 11 is 7.12. The molecule has 6 nitrogen and oxygen atoms in total. The van der Waals surface area contributed by atoms with Gasteiger partial charge in [-0.05, 0) is 172 Å². The predicted octanol–water partition coefficient (Wildman–Crippen LogP) is 9.49. The van der Waals surface area contributed by atoms with Gasteiger partial charge in [0.2, 0.25) is 11.6 Å². The Morgan fingerprint density at radius 1 is 0.458 bits per heavy atom. The second-order valence-corrected chi connectivity index (χ2v) is 13.5. The zero-order valence-electron chi connectivity index (χ0n) is 30.8. The van der Waals surface area contributed by atoms with E-state index in [9.17, 15) is 9.59 Å². The van der Waals surface area contributed by atoms with E-state index in [-0.39, 0.29) is 0 Å². The van der Waals surface area contributed by atoms with E-state index in [1.54, 1.807) is 0 Å². The number of alkyl halides is 2. The van der Waals surface area contributed by atoms with Gasteiger partial charge in [0.25, 0.3) is 0 Å². The number of hydrogen-bond donors (Lipinski definition) is 4. The van der Waals surface area contributed by atoms with Gasteiger partial charge in [0.15, 0.2) is 11.5 Å². The summed E-state index contributed by atoms with van der Waals surface area (Å²) in [5.41, 5.74) is 33.4. The lowest BCUT2D eigenvalue weighted by Gasteiger charge is -2.18. The maximum atomic E-state index is 10.4. The normalized spacial score (nSPS) is 12.2. The van der Waals surface area contributed by atoms with Crippen molar-refractivity contribution in [2.75, 3.05) is 0 Å². The van der Waals surface area contributed by atoms with Crippen LogP contribution in [0, 0.1) is 83.1 Å². The molecule has 1 aliphatic carbocycles. The van der Waals surface area contributed by atoms with E-state index < -0.39 is 23.1 Å². The number of aryl methyl sites for hydroxylation is 4. The van der Waals surface area contributed by atoms with E-state index in [0.717, 1.165) is 10.7 Å². The largest absolute Gasteiger partial charge is 0.504 e. The Morgan fingerprint density at radius 3 is 0.854 bits per heavy atom. The number of carbonyl (C=O) groups excluding carboxylic acids is 2. The number of halogens is 2. The highest BCUT2D eigenvalue weighted by molar-refractivity contribution is 9.08. The van der Waals surface area contributed by atoms with Gasteiger partial charge in [-0.1, -0.05) is 44.0 Å². The molecule has 48 heavy (non-hydrogen) atoms. The summed E-state index contributed by atoms with van der Waals surface area (Å²) < 4.78 is 0. The van der Waals surface area contributed by atoms with Crippen molar-refractivity contribution < 1.29 is 19.8 Å². The Morgan fingerprint density at radius 2 is 0.667 bits per heavy atom. The summed E-state index contributed by atoms with van der Waals surface area (Å²) in [4.78, 5) is 20.9. The van der Waals surface area contributed by atoms with Gasteiger partial charge in [0.05, 0.1) is 0 Å². The summed E-state index contributed by atoms with van der Waals surface area (Å²) in [6.07, 6.45) is 1.36. The van der Waals surface area contributed by atoms with Crippen LogP contribution in [0.3, 0.4) is 0 Å². The van der Waals surface area contributed by atoms with E-state index in [2.05, 4.69) is 127 Å². The van der Waals surface area contributed by atoms with Gasteiger partial charge in [-0.25, -0.2) is 0 Å². The van der Waals surface area contributed by atoms with E-state index in [0.29, 0.717) is 25.2 Å². The maximum absolute atomic E-state index is 10.4. The highest BCUT2D eigenvalue weighted by atomic mass is 79.9. The zero-order chi connectivity index (χ0) is 37.2. The fourth-order valence-electron chi connectivity index (χ4n) is 5.59. The van der Waals surface area contributed by atoms with Gasteiger partial charge in [0, 0.05) is 35.9 Å². The fraction of sp³-hybridized carbons (Fsp3) is 0.400. The van der Waals surface area contributed by atoms with Gasteiger partial charge >= 0.3 is 0 Å². The number of ketones is 2. The second kappa shape index (κ2) is 19.2. The number of carbonyl (C=O) groups is 2. The molecule has 3 aromatic rings. The highest BCUT2D eigenvalue weighted by Gasteiger charge is 2.18. The average molecular weight is 787 g/mol. The third-order valence-corrected chi connectivity index (χ3v) is 10.8. The SMILES string of the molecule is Cc1c(C)c(CBr)c(C)c(C)c1CBr.Cc1c(C)c(CN)c(C)c(C)c1CN.Cc1cc(C)c(C)cc1C.O=C1C=C(O)C(=O)C=C1O. The smallest absolute Gasteiger partial charge is 0.224 e. The molecule has 0 fully saturated rings. The summed E-state index contributed by atoms with van der Waals surface area (Å²) in [7, 11) is 0. The van der Waals surface area contributed by atoms with Crippen molar-refractivity contribution in [1.29, 1.82) is 0 Å². The maximum Gasteiger partial charge on any atom is 0.224 e. The molecule has 1 aliphatic rings. The van der Waals surface area contributed by atoms with E-state index in [1.165, 1.54) is 89.0 Å². The van der Waals surface area contributed by atoms with Crippen LogP contribution in [-0.4, -0.2) is 21.8 Å². The van der Waals surface area contributed by atoms with Crippen molar-refractivity contribution in [3.63, 3.8) is 0 Å². The minimum Gasteiger partial charge on any atom is -0.504 e. The van der Waals surface area contributed by atoms with Crippen LogP contribution in [0.4, 0.5) is 0 Å². The van der Waals surface area contributed by atoms with E-state index in [1.807, 2.05) is 0 Å². The molecule has 6 N–H and O–H groups in total. The van der Waals surface area contributed by atoms with Crippen LogP contribution in [0.15, 0.2) is 35.8 Å². The number of nitrogens with two attached hydrogens (primary N) is 2. The fourth-order valence-corrected chi connectivity index (χ4v) is 7.27. The summed E-state index contributed by atoms with van der Waals surface area (Å²) in [6.45, 7) is 27.2. The van der Waals surface area contributed by atoms with Gasteiger partial charge in [0.1, 0.15) is 0 Å². The Kier molecular flexibility index (Phi) is 17.2. The van der Waals surface area contributed by atoms with Crippen molar-refractivity contribution in [2.24, 2.45) is 11.5 Å². The number of aliphatic hydroxyl groups excluding tert-OH is 2. The highest BCUT2D eigenvalue weighted by Crippen LogP contribution is 2.29. The first-order chi connectivity index (χ1) is 22.3. The van der Waals surface area contributed by atoms with Gasteiger partial charge in [-0.15, -0.1) is 0 Å². The van der Waals surface area contributed by atoms with Gasteiger partial charge in [-0.3, -0.25) is 9.59 Å². The van der Waals surface area contributed by atoms with Crippen LogP contribution in [0.25, 0.3) is 0 Å². The molecule has 0 radical (unpaired) electrons. The molecule has 8 heteroatoms. The zero-order valence-corrected chi connectivity index (χ0v) is 33.9. The van der Waals surface area contributed by atoms with Crippen LogP contribution < -0.4 is 11.5 Å². The molecule has 0 saturated carbocycles. The van der Waals surface area contributed by atoms with Crippen LogP contribution in [-0.2, 0) is 33.3 Å². The first kappa shape index (κ1) is 43.0. The summed E-state index contributed by atoms with van der Waals surface area (Å²) in [6, 6.07) is 4.48. The number of benzene rings is 3. The molecule has 0 heterocycles. The van der Waals surface area contributed by atoms with E-state index >= 15 is 0 Å². The molecule has 0 bridgehead atoms. The monoisotopic (exact) mass is 784 g/mol. The van der Waals surface area contributed by atoms with Crippen LogP contribution in [0.1, 0.15) is 89.0 Å². The van der Waals surface area contributed by atoms with E-state index in [4.69, 9.17) is 21.7 Å². The first-order valence-corrected chi connectivity index (χ1v) is 18.2. The average Bonchev–Trinajstić information content (AvgIpc) is 3.03.